The van der Waals surface area contributed by atoms with Crippen LogP contribution in [0.1, 0.15) is 17.4 Å². The van der Waals surface area contributed by atoms with Crippen LogP contribution in [-0.2, 0) is 16.6 Å². The van der Waals surface area contributed by atoms with Gasteiger partial charge in [-0.05, 0) is 31.2 Å². The highest BCUT2D eigenvalue weighted by atomic mass is 32.2. The second kappa shape index (κ2) is 6.39. The fourth-order valence-corrected chi connectivity index (χ4v) is 4.11. The van der Waals surface area contributed by atoms with E-state index in [1.165, 1.54) is 11.3 Å². The van der Waals surface area contributed by atoms with Gasteiger partial charge in [-0.2, -0.15) is 0 Å². The van der Waals surface area contributed by atoms with Gasteiger partial charge in [0.15, 0.2) is 0 Å². The molecular formula is C14H18N2O2S2. The average molecular weight is 310 g/mol. The third-order valence-corrected chi connectivity index (χ3v) is 5.31. The highest BCUT2D eigenvalue weighted by molar-refractivity contribution is 7.92. The van der Waals surface area contributed by atoms with Crippen LogP contribution < -0.4 is 10.0 Å². The molecule has 0 saturated carbocycles. The Kier molecular flexibility index (Phi) is 4.80. The minimum absolute atomic E-state index is 0.318. The molecule has 0 amide bonds. The van der Waals surface area contributed by atoms with Crippen LogP contribution in [0.2, 0.25) is 0 Å². The van der Waals surface area contributed by atoms with E-state index in [-0.39, 0.29) is 0 Å². The summed E-state index contributed by atoms with van der Waals surface area (Å²) in [5.41, 5.74) is 1.52. The molecule has 0 radical (unpaired) electrons. The number of anilines is 1. The van der Waals surface area contributed by atoms with Gasteiger partial charge < -0.3 is 5.32 Å². The van der Waals surface area contributed by atoms with Crippen LogP contribution in [0.15, 0.2) is 40.6 Å². The van der Waals surface area contributed by atoms with Crippen molar-refractivity contribution in [1.29, 1.82) is 0 Å². The summed E-state index contributed by atoms with van der Waals surface area (Å²) in [6, 6.07) is 9.05. The zero-order valence-electron chi connectivity index (χ0n) is 11.5. The van der Waals surface area contributed by atoms with Gasteiger partial charge >= 0.3 is 0 Å². The van der Waals surface area contributed by atoms with Crippen LogP contribution >= 0.6 is 11.3 Å². The first-order valence-corrected chi connectivity index (χ1v) is 8.76. The number of hydrogen-bond donors (Lipinski definition) is 2. The van der Waals surface area contributed by atoms with Gasteiger partial charge in [-0.1, -0.05) is 25.1 Å². The second-order valence-electron chi connectivity index (χ2n) is 4.45. The monoisotopic (exact) mass is 310 g/mol. The Labute approximate surface area is 123 Å². The Morgan fingerprint density at radius 1 is 1.25 bits per heavy atom. The van der Waals surface area contributed by atoms with E-state index in [9.17, 15) is 8.42 Å². The van der Waals surface area contributed by atoms with Crippen LogP contribution in [0.4, 0.5) is 5.69 Å². The van der Waals surface area contributed by atoms with Crippen molar-refractivity contribution < 1.29 is 8.42 Å². The second-order valence-corrected chi connectivity index (χ2v) is 7.13. The molecule has 0 aliphatic heterocycles. The molecule has 2 aromatic rings. The lowest BCUT2D eigenvalue weighted by Gasteiger charge is -2.08. The number of nitrogens with one attached hydrogen (secondary N) is 2. The molecule has 4 nitrogen and oxygen atoms in total. The number of sulfonamides is 1. The van der Waals surface area contributed by atoms with Crippen molar-refractivity contribution in [2.45, 2.75) is 25.3 Å². The summed E-state index contributed by atoms with van der Waals surface area (Å²) in [7, 11) is -3.51. The molecule has 6 heteroatoms. The summed E-state index contributed by atoms with van der Waals surface area (Å²) >= 11 is 1.45. The number of aryl methyl sites for hydroxylation is 1. The maximum atomic E-state index is 12.3. The summed E-state index contributed by atoms with van der Waals surface area (Å²) in [4.78, 5) is 1.33. The zero-order valence-corrected chi connectivity index (χ0v) is 13.1. The van der Waals surface area contributed by atoms with E-state index in [1.54, 1.807) is 17.5 Å². The number of para-hydroxylation sites is 1. The van der Waals surface area contributed by atoms with Crippen LogP contribution in [0, 0.1) is 6.92 Å². The quantitative estimate of drug-likeness (QED) is 0.862. The lowest BCUT2D eigenvalue weighted by Crippen LogP contribution is -2.13. The van der Waals surface area contributed by atoms with Gasteiger partial charge in [-0.25, -0.2) is 8.42 Å². The normalized spacial score (nSPS) is 11.5. The summed E-state index contributed by atoms with van der Waals surface area (Å²) in [6.07, 6.45) is 0. The van der Waals surface area contributed by atoms with Gasteiger partial charge in [0, 0.05) is 16.8 Å². The van der Waals surface area contributed by atoms with E-state index in [1.807, 2.05) is 32.0 Å². The van der Waals surface area contributed by atoms with E-state index in [0.717, 1.165) is 17.0 Å². The van der Waals surface area contributed by atoms with Crippen molar-refractivity contribution >= 4 is 27.0 Å². The van der Waals surface area contributed by atoms with Crippen LogP contribution in [0.3, 0.4) is 0 Å². The first kappa shape index (κ1) is 15.0. The van der Waals surface area contributed by atoms with Gasteiger partial charge in [-0.3, -0.25) is 4.72 Å². The molecule has 1 heterocycles. The summed E-state index contributed by atoms with van der Waals surface area (Å²) < 4.78 is 27.3. The van der Waals surface area contributed by atoms with E-state index in [0.29, 0.717) is 17.1 Å². The first-order valence-electron chi connectivity index (χ1n) is 6.39. The summed E-state index contributed by atoms with van der Waals surface area (Å²) in [5, 5.41) is 4.86. The van der Waals surface area contributed by atoms with Gasteiger partial charge in [0.05, 0.1) is 10.6 Å². The SMILES string of the molecule is CCNCc1cc(S(=O)(=O)Nc2ccccc2C)cs1. The topological polar surface area (TPSA) is 58.2 Å². The highest BCUT2D eigenvalue weighted by Crippen LogP contribution is 2.23. The molecule has 0 fully saturated rings. The molecule has 20 heavy (non-hydrogen) atoms. The number of benzene rings is 1. The van der Waals surface area contributed by atoms with Crippen molar-refractivity contribution in [3.63, 3.8) is 0 Å². The molecule has 1 aromatic carbocycles. The molecule has 108 valence electrons. The average Bonchev–Trinajstić information content (AvgIpc) is 2.88. The maximum Gasteiger partial charge on any atom is 0.262 e. The molecule has 2 rings (SSSR count). The number of hydrogen-bond acceptors (Lipinski definition) is 4. The Morgan fingerprint density at radius 2 is 2.00 bits per heavy atom. The minimum Gasteiger partial charge on any atom is -0.312 e. The molecule has 0 saturated heterocycles. The number of thiophene rings is 1. The van der Waals surface area contributed by atoms with Crippen molar-refractivity contribution in [2.75, 3.05) is 11.3 Å². The third kappa shape index (κ3) is 3.59. The van der Waals surface area contributed by atoms with Gasteiger partial charge in [0.2, 0.25) is 0 Å². The molecular weight excluding hydrogens is 292 g/mol. The Hall–Kier alpha value is -1.37. The predicted octanol–water partition coefficient (Wildman–Crippen LogP) is 2.97. The zero-order chi connectivity index (χ0) is 14.6. The molecule has 2 N–H and O–H groups in total. The van der Waals surface area contributed by atoms with E-state index < -0.39 is 10.0 Å². The largest absolute Gasteiger partial charge is 0.312 e. The standard InChI is InChI=1S/C14H18N2O2S2/c1-3-15-9-12-8-13(10-19-12)20(17,18)16-14-7-5-4-6-11(14)2/h4-8,10,15-16H,3,9H2,1-2H3. The molecule has 1 aromatic heterocycles. The molecule has 0 aliphatic rings. The first-order chi connectivity index (χ1) is 9.53. The van der Waals surface area contributed by atoms with Crippen molar-refractivity contribution in [2.24, 2.45) is 0 Å². The van der Waals surface area contributed by atoms with E-state index in [4.69, 9.17) is 0 Å². The highest BCUT2D eigenvalue weighted by Gasteiger charge is 2.17. The molecule has 0 spiro atoms. The smallest absolute Gasteiger partial charge is 0.262 e. The Balaban J connectivity index is 2.18. The Morgan fingerprint density at radius 3 is 2.70 bits per heavy atom. The summed E-state index contributed by atoms with van der Waals surface area (Å²) in [6.45, 7) is 5.45. The van der Waals surface area contributed by atoms with E-state index >= 15 is 0 Å². The lowest BCUT2D eigenvalue weighted by atomic mass is 10.2. The minimum atomic E-state index is -3.51. The maximum absolute atomic E-state index is 12.3. The van der Waals surface area contributed by atoms with E-state index in [2.05, 4.69) is 10.0 Å². The van der Waals surface area contributed by atoms with Gasteiger partial charge in [0.25, 0.3) is 10.0 Å². The Bertz CT molecular complexity index is 678. The molecule has 0 aliphatic carbocycles. The van der Waals surface area contributed by atoms with Crippen LogP contribution in [0.5, 0.6) is 0 Å². The fourth-order valence-electron chi connectivity index (χ4n) is 1.73. The van der Waals surface area contributed by atoms with Crippen molar-refractivity contribution in [1.82, 2.24) is 5.32 Å². The third-order valence-electron chi connectivity index (χ3n) is 2.88. The van der Waals surface area contributed by atoms with Crippen LogP contribution in [-0.4, -0.2) is 15.0 Å². The molecule has 0 bridgehead atoms. The fraction of sp³-hybridized carbons (Fsp3) is 0.286. The lowest BCUT2D eigenvalue weighted by molar-refractivity contribution is 0.601. The van der Waals surface area contributed by atoms with Crippen molar-refractivity contribution in [3.8, 4) is 0 Å². The van der Waals surface area contributed by atoms with Gasteiger partial charge in [0.1, 0.15) is 0 Å². The molecule has 0 unspecified atom stereocenters. The van der Waals surface area contributed by atoms with Crippen LogP contribution in [0.25, 0.3) is 0 Å². The summed E-state index contributed by atoms with van der Waals surface area (Å²) in [5.74, 6) is 0. The molecule has 0 atom stereocenters. The van der Waals surface area contributed by atoms with Gasteiger partial charge in [-0.15, -0.1) is 11.3 Å². The number of rotatable bonds is 6. The predicted molar refractivity (Wildman–Crippen MR) is 83.7 cm³/mol. The van der Waals surface area contributed by atoms with Crippen molar-refractivity contribution in [3.05, 3.63) is 46.2 Å².